The molecule has 12 heteroatoms. The van der Waals surface area contributed by atoms with E-state index in [1.165, 1.54) is 42.2 Å². The number of ether oxygens (including phenoxy) is 1. The number of nitrogens with zero attached hydrogens (tertiary/aromatic N) is 3. The molecule has 10 nitrogen and oxygen atoms in total. The number of aromatic nitrogens is 4. The summed E-state index contributed by atoms with van der Waals surface area (Å²) >= 11 is 1.26. The van der Waals surface area contributed by atoms with Crippen molar-refractivity contribution in [3.8, 4) is 5.75 Å². The molecule has 0 aliphatic rings. The molecule has 1 amide bonds. The number of imidazole rings is 1. The van der Waals surface area contributed by atoms with Gasteiger partial charge in [0, 0.05) is 23.6 Å². The second kappa shape index (κ2) is 9.46. The van der Waals surface area contributed by atoms with Crippen LogP contribution >= 0.6 is 11.8 Å². The Morgan fingerprint density at radius 2 is 1.91 bits per heavy atom. The van der Waals surface area contributed by atoms with Crippen LogP contribution in [0.3, 0.4) is 0 Å². The molecule has 0 radical (unpaired) electrons. The van der Waals surface area contributed by atoms with Crippen LogP contribution < -0.4 is 14.8 Å². The number of aromatic amines is 1. The molecule has 0 bridgehead atoms. The van der Waals surface area contributed by atoms with E-state index in [9.17, 15) is 13.2 Å². The summed E-state index contributed by atoms with van der Waals surface area (Å²) in [5.74, 6) is 0.587. The lowest BCUT2D eigenvalue weighted by Gasteiger charge is -2.08. The van der Waals surface area contributed by atoms with Gasteiger partial charge in [0.2, 0.25) is 11.9 Å². The molecule has 2 aromatic carbocycles. The van der Waals surface area contributed by atoms with Crippen molar-refractivity contribution in [3.05, 3.63) is 60.4 Å². The molecule has 0 spiro atoms. The minimum atomic E-state index is -3.85. The molecule has 0 atom stereocenters. The first-order valence-corrected chi connectivity index (χ1v) is 12.2. The molecule has 2 aromatic heterocycles. The Hall–Kier alpha value is -3.64. The van der Waals surface area contributed by atoms with Crippen molar-refractivity contribution < 1.29 is 17.9 Å². The van der Waals surface area contributed by atoms with E-state index >= 15 is 0 Å². The molecule has 4 aromatic rings. The largest absolute Gasteiger partial charge is 0.497 e. The monoisotopic (exact) mass is 484 g/mol. The lowest BCUT2D eigenvalue weighted by molar-refractivity contribution is -0.113. The summed E-state index contributed by atoms with van der Waals surface area (Å²) < 4.78 is 32.6. The number of fused-ring (bicyclic) bond motifs is 1. The maximum absolute atomic E-state index is 12.5. The highest BCUT2D eigenvalue weighted by molar-refractivity contribution is 7.99. The van der Waals surface area contributed by atoms with Gasteiger partial charge in [-0.1, -0.05) is 11.8 Å². The van der Waals surface area contributed by atoms with Gasteiger partial charge in [-0.15, -0.1) is 0 Å². The highest BCUT2D eigenvalue weighted by Crippen LogP contribution is 2.23. The van der Waals surface area contributed by atoms with Gasteiger partial charge in [0.25, 0.3) is 10.0 Å². The van der Waals surface area contributed by atoms with Crippen molar-refractivity contribution in [2.45, 2.75) is 17.0 Å². The number of sulfonamides is 1. The number of nitrogens with one attached hydrogen (secondary N) is 3. The Bertz CT molecular complexity index is 1400. The van der Waals surface area contributed by atoms with Crippen molar-refractivity contribution in [2.75, 3.05) is 22.9 Å². The average molecular weight is 485 g/mol. The molecule has 4 rings (SSSR count). The summed E-state index contributed by atoms with van der Waals surface area (Å²) in [6, 6.07) is 13.0. The van der Waals surface area contributed by atoms with Gasteiger partial charge in [-0.25, -0.2) is 28.1 Å². The molecular formula is C21H20N6O4S2. The zero-order valence-electron chi connectivity index (χ0n) is 17.7. The van der Waals surface area contributed by atoms with Crippen molar-refractivity contribution in [3.63, 3.8) is 0 Å². The number of methoxy groups -OCH3 is 1. The Balaban J connectivity index is 1.35. The minimum absolute atomic E-state index is 0.00608. The molecule has 0 aliphatic carbocycles. The Morgan fingerprint density at radius 1 is 1.12 bits per heavy atom. The van der Waals surface area contributed by atoms with Crippen molar-refractivity contribution >= 4 is 50.4 Å². The minimum Gasteiger partial charge on any atom is -0.497 e. The number of thioether (sulfide) groups is 1. The zero-order chi connectivity index (χ0) is 23.4. The van der Waals surface area contributed by atoms with E-state index in [1.54, 1.807) is 20.1 Å². The van der Waals surface area contributed by atoms with Crippen LogP contribution in [0, 0.1) is 6.92 Å². The van der Waals surface area contributed by atoms with E-state index < -0.39 is 10.0 Å². The number of carbonyl (C=O) groups is 1. The van der Waals surface area contributed by atoms with E-state index in [2.05, 4.69) is 30.0 Å². The Morgan fingerprint density at radius 3 is 2.64 bits per heavy atom. The van der Waals surface area contributed by atoms with Crippen LogP contribution in [0.2, 0.25) is 0 Å². The third kappa shape index (κ3) is 5.59. The van der Waals surface area contributed by atoms with Gasteiger partial charge in [-0.3, -0.25) is 4.79 Å². The molecule has 0 fully saturated rings. The summed E-state index contributed by atoms with van der Waals surface area (Å²) in [6.07, 6.45) is 1.47. The standard InChI is InChI=1S/C21H20N6O4S2/c1-13-9-10-22-20(23-13)27-33(29,30)16-6-3-14(4-7-16)24-19(28)12-32-21-25-17-8-5-15(31-2)11-18(17)26-21/h3-11H,12H2,1-2H3,(H,24,28)(H,25,26)(H,22,23,27). The van der Waals surface area contributed by atoms with Crippen LogP contribution in [-0.4, -0.2) is 47.1 Å². The molecule has 0 saturated heterocycles. The number of benzene rings is 2. The number of hydrogen-bond donors (Lipinski definition) is 3. The van der Waals surface area contributed by atoms with Gasteiger partial charge in [0.1, 0.15) is 5.75 Å². The number of rotatable bonds is 8. The summed E-state index contributed by atoms with van der Waals surface area (Å²) in [5.41, 5.74) is 2.71. The van der Waals surface area contributed by atoms with Crippen LogP contribution in [0.15, 0.2) is 64.8 Å². The average Bonchev–Trinajstić information content (AvgIpc) is 3.20. The number of H-pyrrole nitrogens is 1. The molecular weight excluding hydrogens is 464 g/mol. The van der Waals surface area contributed by atoms with Crippen molar-refractivity contribution in [2.24, 2.45) is 0 Å². The maximum atomic E-state index is 12.5. The van der Waals surface area contributed by atoms with Gasteiger partial charge < -0.3 is 15.0 Å². The van der Waals surface area contributed by atoms with Gasteiger partial charge in [-0.2, -0.15) is 0 Å². The van der Waals surface area contributed by atoms with E-state index in [-0.39, 0.29) is 22.5 Å². The second-order valence-corrected chi connectivity index (χ2v) is 9.56. The number of aryl methyl sites for hydroxylation is 1. The van der Waals surface area contributed by atoms with Crippen molar-refractivity contribution in [1.82, 2.24) is 19.9 Å². The van der Waals surface area contributed by atoms with Crippen LogP contribution in [0.4, 0.5) is 11.6 Å². The third-order valence-electron chi connectivity index (χ3n) is 4.48. The van der Waals surface area contributed by atoms with E-state index in [0.717, 1.165) is 11.0 Å². The lowest BCUT2D eigenvalue weighted by Crippen LogP contribution is -2.16. The lowest BCUT2D eigenvalue weighted by atomic mass is 10.3. The molecule has 2 heterocycles. The van der Waals surface area contributed by atoms with Gasteiger partial charge in [-0.05, 0) is 49.4 Å². The highest BCUT2D eigenvalue weighted by atomic mass is 32.2. The molecule has 0 unspecified atom stereocenters. The van der Waals surface area contributed by atoms with Gasteiger partial charge in [0.15, 0.2) is 5.16 Å². The van der Waals surface area contributed by atoms with Crippen LogP contribution in [-0.2, 0) is 14.8 Å². The van der Waals surface area contributed by atoms with Crippen LogP contribution in [0.25, 0.3) is 11.0 Å². The molecule has 170 valence electrons. The van der Waals surface area contributed by atoms with E-state index in [1.807, 2.05) is 18.2 Å². The first kappa shape index (κ1) is 22.6. The topological polar surface area (TPSA) is 139 Å². The zero-order valence-corrected chi connectivity index (χ0v) is 19.3. The molecule has 33 heavy (non-hydrogen) atoms. The fraction of sp³-hybridized carbons (Fsp3) is 0.143. The summed E-state index contributed by atoms with van der Waals surface area (Å²) in [5, 5.41) is 3.35. The second-order valence-electron chi connectivity index (χ2n) is 6.91. The number of hydrogen-bond acceptors (Lipinski definition) is 8. The molecule has 0 saturated carbocycles. The first-order chi connectivity index (χ1) is 15.8. The van der Waals surface area contributed by atoms with Gasteiger partial charge >= 0.3 is 0 Å². The normalized spacial score (nSPS) is 11.3. The smallest absolute Gasteiger partial charge is 0.264 e. The molecule has 0 aliphatic heterocycles. The first-order valence-electron chi connectivity index (χ1n) is 9.71. The van der Waals surface area contributed by atoms with E-state index in [0.29, 0.717) is 22.3 Å². The predicted octanol–water partition coefficient (Wildman–Crippen LogP) is 3.20. The highest BCUT2D eigenvalue weighted by Gasteiger charge is 2.16. The SMILES string of the molecule is COc1ccc2nc(SCC(=O)Nc3ccc(S(=O)(=O)Nc4nccc(C)n4)cc3)[nH]c2c1. The molecule has 3 N–H and O–H groups in total. The number of amides is 1. The fourth-order valence-corrected chi connectivity index (χ4v) is 4.52. The quantitative estimate of drug-likeness (QED) is 0.324. The Kier molecular flexibility index (Phi) is 6.47. The number of anilines is 2. The fourth-order valence-electron chi connectivity index (χ4n) is 2.89. The summed E-state index contributed by atoms with van der Waals surface area (Å²) in [7, 11) is -2.26. The Labute approximate surface area is 194 Å². The summed E-state index contributed by atoms with van der Waals surface area (Å²) in [4.78, 5) is 27.9. The summed E-state index contributed by atoms with van der Waals surface area (Å²) in [6.45, 7) is 1.74. The van der Waals surface area contributed by atoms with Crippen molar-refractivity contribution in [1.29, 1.82) is 0 Å². The number of carbonyl (C=O) groups excluding carboxylic acids is 1. The van der Waals surface area contributed by atoms with E-state index in [4.69, 9.17) is 4.74 Å². The van der Waals surface area contributed by atoms with Gasteiger partial charge in [0.05, 0.1) is 28.8 Å². The van der Waals surface area contributed by atoms with Crippen LogP contribution in [0.5, 0.6) is 5.75 Å². The third-order valence-corrected chi connectivity index (χ3v) is 6.69. The van der Waals surface area contributed by atoms with Crippen LogP contribution in [0.1, 0.15) is 5.69 Å². The predicted molar refractivity (Wildman–Crippen MR) is 126 cm³/mol. The maximum Gasteiger partial charge on any atom is 0.264 e.